The van der Waals surface area contributed by atoms with Crippen molar-refractivity contribution in [2.75, 3.05) is 0 Å². The van der Waals surface area contributed by atoms with E-state index in [0.717, 1.165) is 5.56 Å². The highest BCUT2D eigenvalue weighted by Crippen LogP contribution is 2.38. The first-order valence-corrected chi connectivity index (χ1v) is 7.63. The molecule has 1 N–H and O–H groups in total. The molecule has 0 aromatic heterocycles. The van der Waals surface area contributed by atoms with Gasteiger partial charge in [-0.3, -0.25) is 4.79 Å². The van der Waals surface area contributed by atoms with Gasteiger partial charge < -0.3 is 10.0 Å². The van der Waals surface area contributed by atoms with Crippen molar-refractivity contribution in [3.63, 3.8) is 0 Å². The second-order valence-electron chi connectivity index (χ2n) is 5.60. The third kappa shape index (κ3) is 2.51. The summed E-state index contributed by atoms with van der Waals surface area (Å²) in [6, 6.07) is 11.1. The Labute approximate surface area is 143 Å². The number of carboxylic acids is 1. The van der Waals surface area contributed by atoms with Gasteiger partial charge in [0.05, 0.1) is 17.2 Å². The number of carbonyl (C=O) groups is 2. The standard InChI is InChI=1S/C18H13ClN2O3/c1-10-14(19)7-6-13-15(8-20)21(17(22)16(10)13)9-11-2-4-12(5-3-11)18(23)24/h2-7,15H,9H2,1H3,(H,23,24). The maximum absolute atomic E-state index is 12.7. The maximum Gasteiger partial charge on any atom is 0.335 e. The monoisotopic (exact) mass is 340 g/mol. The zero-order chi connectivity index (χ0) is 17.4. The molecular weight excluding hydrogens is 328 g/mol. The first kappa shape index (κ1) is 16.0. The number of halogens is 1. The van der Waals surface area contributed by atoms with E-state index >= 15 is 0 Å². The molecule has 120 valence electrons. The van der Waals surface area contributed by atoms with Crippen LogP contribution in [0.2, 0.25) is 5.02 Å². The van der Waals surface area contributed by atoms with Gasteiger partial charge in [0.25, 0.3) is 5.91 Å². The van der Waals surface area contributed by atoms with Crippen molar-refractivity contribution in [3.8, 4) is 6.07 Å². The van der Waals surface area contributed by atoms with Gasteiger partial charge in [-0.2, -0.15) is 5.26 Å². The van der Waals surface area contributed by atoms with Crippen molar-refractivity contribution in [1.82, 2.24) is 4.90 Å². The number of nitrogens with zero attached hydrogens (tertiary/aromatic N) is 2. The van der Waals surface area contributed by atoms with Crippen molar-refractivity contribution >= 4 is 23.5 Å². The molecule has 1 atom stereocenters. The highest BCUT2D eigenvalue weighted by atomic mass is 35.5. The SMILES string of the molecule is Cc1c(Cl)ccc2c1C(=O)N(Cc1ccc(C(=O)O)cc1)C2C#N. The molecule has 0 radical (unpaired) electrons. The molecule has 24 heavy (non-hydrogen) atoms. The Morgan fingerprint density at radius 3 is 2.54 bits per heavy atom. The third-order valence-corrected chi connectivity index (χ3v) is 4.60. The van der Waals surface area contributed by atoms with Crippen molar-refractivity contribution in [3.05, 3.63) is 69.2 Å². The van der Waals surface area contributed by atoms with Crippen LogP contribution in [-0.2, 0) is 6.54 Å². The molecule has 0 fully saturated rings. The third-order valence-electron chi connectivity index (χ3n) is 4.19. The van der Waals surface area contributed by atoms with Gasteiger partial charge in [-0.05, 0) is 36.2 Å². The number of benzene rings is 2. The van der Waals surface area contributed by atoms with E-state index < -0.39 is 12.0 Å². The van der Waals surface area contributed by atoms with E-state index in [1.165, 1.54) is 17.0 Å². The molecule has 0 saturated heterocycles. The number of hydrogen-bond acceptors (Lipinski definition) is 3. The molecule has 1 aliphatic heterocycles. The lowest BCUT2D eigenvalue weighted by Crippen LogP contribution is -2.27. The number of rotatable bonds is 3. The van der Waals surface area contributed by atoms with Crippen molar-refractivity contribution in [2.45, 2.75) is 19.5 Å². The highest BCUT2D eigenvalue weighted by molar-refractivity contribution is 6.32. The summed E-state index contributed by atoms with van der Waals surface area (Å²) in [5, 5.41) is 18.9. The Kier molecular flexibility index (Phi) is 4.00. The van der Waals surface area contributed by atoms with E-state index in [1.807, 2.05) is 0 Å². The average Bonchev–Trinajstić information content (AvgIpc) is 2.84. The van der Waals surface area contributed by atoms with E-state index in [4.69, 9.17) is 16.7 Å². The van der Waals surface area contributed by atoms with Gasteiger partial charge in [-0.1, -0.05) is 29.8 Å². The number of carboxylic acid groups (broad SMARTS) is 1. The molecule has 0 aliphatic carbocycles. The van der Waals surface area contributed by atoms with Crippen LogP contribution >= 0.6 is 11.6 Å². The normalized spacial score (nSPS) is 16.0. The quantitative estimate of drug-likeness (QED) is 0.926. The van der Waals surface area contributed by atoms with Crippen LogP contribution in [-0.4, -0.2) is 21.9 Å². The molecule has 2 aromatic rings. The van der Waals surface area contributed by atoms with Crippen LogP contribution in [0.15, 0.2) is 36.4 Å². The Balaban J connectivity index is 1.95. The van der Waals surface area contributed by atoms with Crippen molar-refractivity contribution < 1.29 is 14.7 Å². The number of fused-ring (bicyclic) bond motifs is 1. The zero-order valence-corrected chi connectivity index (χ0v) is 13.5. The van der Waals surface area contributed by atoms with E-state index in [9.17, 15) is 14.9 Å². The average molecular weight is 341 g/mol. The number of nitriles is 1. The summed E-state index contributed by atoms with van der Waals surface area (Å²) in [5.74, 6) is -1.25. The fraction of sp³-hybridized carbons (Fsp3) is 0.167. The van der Waals surface area contributed by atoms with E-state index in [2.05, 4.69) is 6.07 Å². The van der Waals surface area contributed by atoms with Crippen LogP contribution in [0.3, 0.4) is 0 Å². The minimum absolute atomic E-state index is 0.175. The first-order chi connectivity index (χ1) is 11.4. The van der Waals surface area contributed by atoms with Gasteiger partial charge in [0.1, 0.15) is 6.04 Å². The predicted molar refractivity (Wildman–Crippen MR) is 87.8 cm³/mol. The Morgan fingerprint density at radius 1 is 1.29 bits per heavy atom. The molecule has 1 amide bonds. The summed E-state index contributed by atoms with van der Waals surface area (Å²) in [6.07, 6.45) is 0. The topological polar surface area (TPSA) is 81.4 Å². The largest absolute Gasteiger partial charge is 0.478 e. The minimum atomic E-state index is -1.01. The minimum Gasteiger partial charge on any atom is -0.478 e. The van der Waals surface area contributed by atoms with Crippen LogP contribution in [0.5, 0.6) is 0 Å². The Bertz CT molecular complexity index is 884. The fourth-order valence-corrected chi connectivity index (χ4v) is 3.06. The second-order valence-corrected chi connectivity index (χ2v) is 6.01. The van der Waals surface area contributed by atoms with Gasteiger partial charge in [-0.15, -0.1) is 0 Å². The van der Waals surface area contributed by atoms with Crippen molar-refractivity contribution in [2.24, 2.45) is 0 Å². The number of amides is 1. The lowest BCUT2D eigenvalue weighted by Gasteiger charge is -2.20. The molecule has 0 bridgehead atoms. The van der Waals surface area contributed by atoms with Gasteiger partial charge >= 0.3 is 5.97 Å². The molecule has 1 aliphatic rings. The highest BCUT2D eigenvalue weighted by Gasteiger charge is 2.38. The summed E-state index contributed by atoms with van der Waals surface area (Å²) >= 11 is 6.09. The van der Waals surface area contributed by atoms with Gasteiger partial charge in [0.15, 0.2) is 0 Å². The van der Waals surface area contributed by atoms with Crippen LogP contribution < -0.4 is 0 Å². The Morgan fingerprint density at radius 2 is 1.96 bits per heavy atom. The van der Waals surface area contributed by atoms with Gasteiger partial charge in [0, 0.05) is 17.1 Å². The molecule has 5 nitrogen and oxygen atoms in total. The molecule has 1 unspecified atom stereocenters. The second kappa shape index (κ2) is 5.99. The van der Waals surface area contributed by atoms with Crippen LogP contribution in [0, 0.1) is 18.3 Å². The Hall–Kier alpha value is -2.84. The molecule has 0 spiro atoms. The summed E-state index contributed by atoms with van der Waals surface area (Å²) in [5.41, 5.74) is 2.74. The molecule has 3 rings (SSSR count). The molecule has 6 heteroatoms. The summed E-state index contributed by atoms with van der Waals surface area (Å²) in [4.78, 5) is 25.1. The lowest BCUT2D eigenvalue weighted by molar-refractivity contribution is 0.0694. The molecule has 1 heterocycles. The predicted octanol–water partition coefficient (Wildman–Crippen LogP) is 3.57. The first-order valence-electron chi connectivity index (χ1n) is 7.26. The summed E-state index contributed by atoms with van der Waals surface area (Å²) in [7, 11) is 0. The number of aromatic carboxylic acids is 1. The smallest absolute Gasteiger partial charge is 0.335 e. The molecule has 0 saturated carbocycles. The lowest BCUT2D eigenvalue weighted by atomic mass is 10.0. The van der Waals surface area contributed by atoms with Gasteiger partial charge in [-0.25, -0.2) is 4.79 Å². The summed E-state index contributed by atoms with van der Waals surface area (Å²) in [6.45, 7) is 1.99. The summed E-state index contributed by atoms with van der Waals surface area (Å²) < 4.78 is 0. The molecular formula is C18H13ClN2O3. The van der Waals surface area contributed by atoms with E-state index in [1.54, 1.807) is 31.2 Å². The fourth-order valence-electron chi connectivity index (χ4n) is 2.90. The van der Waals surface area contributed by atoms with Crippen LogP contribution in [0.1, 0.15) is 43.4 Å². The van der Waals surface area contributed by atoms with E-state index in [0.29, 0.717) is 21.7 Å². The zero-order valence-electron chi connectivity index (χ0n) is 12.8. The number of carbonyl (C=O) groups excluding carboxylic acids is 1. The van der Waals surface area contributed by atoms with E-state index in [-0.39, 0.29) is 18.0 Å². The maximum atomic E-state index is 12.7. The molecule has 2 aromatic carbocycles. The number of hydrogen-bond donors (Lipinski definition) is 1. The van der Waals surface area contributed by atoms with Crippen LogP contribution in [0.25, 0.3) is 0 Å². The van der Waals surface area contributed by atoms with Gasteiger partial charge in [0.2, 0.25) is 0 Å². The van der Waals surface area contributed by atoms with Crippen molar-refractivity contribution in [1.29, 1.82) is 5.26 Å². The van der Waals surface area contributed by atoms with Crippen LogP contribution in [0.4, 0.5) is 0 Å².